The lowest BCUT2D eigenvalue weighted by atomic mass is 9.99. The molecule has 1 aliphatic heterocycles. The summed E-state index contributed by atoms with van der Waals surface area (Å²) in [7, 11) is 0. The van der Waals surface area contributed by atoms with Crippen molar-refractivity contribution in [1.82, 2.24) is 9.88 Å². The van der Waals surface area contributed by atoms with Gasteiger partial charge in [0.1, 0.15) is 0 Å². The number of amides is 1. The Morgan fingerprint density at radius 3 is 2.65 bits per heavy atom. The molecule has 1 fully saturated rings. The number of aromatic nitrogens is 1. The number of piperidine rings is 1. The Kier molecular flexibility index (Phi) is 7.04. The number of nitrogens with one attached hydrogen (secondary N) is 1. The molecule has 0 aliphatic carbocycles. The number of thiazole rings is 1. The number of likely N-dealkylation sites (tertiary alicyclic amines) is 1. The normalized spacial score (nSPS) is 15.2. The number of hydrogen-bond acceptors (Lipinski definition) is 6. The van der Waals surface area contributed by atoms with E-state index in [-0.39, 0.29) is 12.5 Å². The third-order valence-corrected chi connectivity index (χ3v) is 6.42. The zero-order valence-corrected chi connectivity index (χ0v) is 18.9. The summed E-state index contributed by atoms with van der Waals surface area (Å²) < 4.78 is 12.3. The lowest BCUT2D eigenvalue weighted by Crippen LogP contribution is -2.32. The van der Waals surface area contributed by atoms with E-state index in [1.807, 2.05) is 31.2 Å². The molecule has 1 aliphatic rings. The largest absolute Gasteiger partial charge is 0.490 e. The summed E-state index contributed by atoms with van der Waals surface area (Å²) in [6.07, 6.45) is 2.55. The van der Waals surface area contributed by atoms with Crippen LogP contribution in [0.1, 0.15) is 32.3 Å². The minimum atomic E-state index is -0.243. The van der Waals surface area contributed by atoms with Gasteiger partial charge in [0.25, 0.3) is 5.91 Å². The Morgan fingerprint density at radius 1 is 1.16 bits per heavy atom. The number of carbonyl (C=O) groups is 1. The molecule has 164 valence electrons. The molecule has 0 atom stereocenters. The highest BCUT2D eigenvalue weighted by molar-refractivity contribution is 7.22. The number of nitrogens with zero attached hydrogens (tertiary/aromatic N) is 2. The van der Waals surface area contributed by atoms with Crippen LogP contribution < -0.4 is 14.8 Å². The van der Waals surface area contributed by atoms with Crippen molar-refractivity contribution in [2.45, 2.75) is 33.2 Å². The number of para-hydroxylation sites is 2. The van der Waals surface area contributed by atoms with Crippen molar-refractivity contribution < 1.29 is 14.3 Å². The van der Waals surface area contributed by atoms with Crippen LogP contribution >= 0.6 is 11.3 Å². The highest BCUT2D eigenvalue weighted by Crippen LogP contribution is 2.29. The second-order valence-electron chi connectivity index (χ2n) is 8.00. The van der Waals surface area contributed by atoms with E-state index in [4.69, 9.17) is 9.47 Å². The van der Waals surface area contributed by atoms with Gasteiger partial charge in [0.15, 0.2) is 23.2 Å². The maximum Gasteiger partial charge on any atom is 0.264 e. The van der Waals surface area contributed by atoms with E-state index in [1.165, 1.54) is 29.7 Å². The van der Waals surface area contributed by atoms with Gasteiger partial charge in [0.05, 0.1) is 16.8 Å². The first-order valence-corrected chi connectivity index (χ1v) is 11.7. The van der Waals surface area contributed by atoms with E-state index in [2.05, 4.69) is 34.3 Å². The van der Waals surface area contributed by atoms with Crippen LogP contribution in [0.5, 0.6) is 11.5 Å². The first-order valence-electron chi connectivity index (χ1n) is 10.9. The van der Waals surface area contributed by atoms with Crippen molar-refractivity contribution in [2.24, 2.45) is 5.92 Å². The van der Waals surface area contributed by atoms with E-state index < -0.39 is 0 Å². The fourth-order valence-electron chi connectivity index (χ4n) is 3.74. The van der Waals surface area contributed by atoms with E-state index >= 15 is 0 Å². The maximum atomic E-state index is 12.4. The van der Waals surface area contributed by atoms with E-state index in [0.29, 0.717) is 23.2 Å². The molecule has 3 aromatic rings. The summed E-state index contributed by atoms with van der Waals surface area (Å²) in [4.78, 5) is 19.4. The van der Waals surface area contributed by atoms with Crippen LogP contribution in [0, 0.1) is 5.92 Å². The van der Waals surface area contributed by atoms with E-state index in [0.717, 1.165) is 35.8 Å². The molecule has 4 rings (SSSR count). The van der Waals surface area contributed by atoms with Crippen LogP contribution in [0.2, 0.25) is 0 Å². The monoisotopic (exact) mass is 439 g/mol. The van der Waals surface area contributed by atoms with Crippen molar-refractivity contribution in [2.75, 3.05) is 31.6 Å². The number of benzene rings is 2. The fourth-order valence-corrected chi connectivity index (χ4v) is 4.69. The molecule has 6 nitrogen and oxygen atoms in total. The Bertz CT molecular complexity index is 1030. The highest BCUT2D eigenvalue weighted by Gasteiger charge is 2.16. The molecule has 0 saturated carbocycles. The topological polar surface area (TPSA) is 63.7 Å². The number of fused-ring (bicyclic) bond motifs is 1. The van der Waals surface area contributed by atoms with Gasteiger partial charge in [-0.25, -0.2) is 4.98 Å². The van der Waals surface area contributed by atoms with Gasteiger partial charge in [-0.05, 0) is 68.6 Å². The lowest BCUT2D eigenvalue weighted by molar-refractivity contribution is -0.118. The standard InChI is InChI=1S/C24H29N3O3S/c1-3-29-20-6-4-5-7-21(20)30-16-23(28)26-24-25-19-9-8-18(14-22(19)31-24)15-27-12-10-17(2)11-13-27/h4-9,14,17H,3,10-13,15-16H2,1-2H3,(H,25,26,28). The summed E-state index contributed by atoms with van der Waals surface area (Å²) in [6.45, 7) is 7.98. The van der Waals surface area contributed by atoms with Crippen molar-refractivity contribution in [3.05, 3.63) is 48.0 Å². The Hall–Kier alpha value is -2.64. The predicted octanol–water partition coefficient (Wildman–Crippen LogP) is 4.94. The second-order valence-corrected chi connectivity index (χ2v) is 9.03. The van der Waals surface area contributed by atoms with Gasteiger partial charge in [0, 0.05) is 6.54 Å². The Labute approximate surface area is 187 Å². The van der Waals surface area contributed by atoms with Gasteiger partial charge in [-0.1, -0.05) is 36.5 Å². The lowest BCUT2D eigenvalue weighted by Gasteiger charge is -2.30. The first kappa shape index (κ1) is 21.6. The smallest absolute Gasteiger partial charge is 0.264 e. The van der Waals surface area contributed by atoms with Gasteiger partial charge in [-0.3, -0.25) is 15.0 Å². The summed E-state index contributed by atoms with van der Waals surface area (Å²) >= 11 is 1.49. The molecule has 0 radical (unpaired) electrons. The SMILES string of the molecule is CCOc1ccccc1OCC(=O)Nc1nc2ccc(CN3CCC(C)CC3)cc2s1. The Balaban J connectivity index is 1.35. The Morgan fingerprint density at radius 2 is 1.90 bits per heavy atom. The molecule has 0 bridgehead atoms. The van der Waals surface area contributed by atoms with Crippen LogP contribution in [0.25, 0.3) is 10.2 Å². The average molecular weight is 440 g/mol. The summed E-state index contributed by atoms with van der Waals surface area (Å²) in [5.74, 6) is 1.78. The molecular formula is C24H29N3O3S. The van der Waals surface area contributed by atoms with Gasteiger partial charge >= 0.3 is 0 Å². The zero-order chi connectivity index (χ0) is 21.6. The second kappa shape index (κ2) is 10.1. The van der Waals surface area contributed by atoms with Crippen LogP contribution in [-0.4, -0.2) is 42.1 Å². The third kappa shape index (κ3) is 5.74. The molecule has 1 amide bonds. The molecule has 2 heterocycles. The number of rotatable bonds is 8. The van der Waals surface area contributed by atoms with Crippen molar-refractivity contribution >= 4 is 32.6 Å². The zero-order valence-electron chi connectivity index (χ0n) is 18.1. The average Bonchev–Trinajstić information content (AvgIpc) is 3.16. The minimum absolute atomic E-state index is 0.0986. The fraction of sp³-hybridized carbons (Fsp3) is 0.417. The van der Waals surface area contributed by atoms with E-state index in [1.54, 1.807) is 6.07 Å². The number of carbonyl (C=O) groups excluding carboxylic acids is 1. The number of ether oxygens (including phenoxy) is 2. The summed E-state index contributed by atoms with van der Waals surface area (Å²) in [5.41, 5.74) is 2.19. The van der Waals surface area contributed by atoms with Gasteiger partial charge < -0.3 is 9.47 Å². The van der Waals surface area contributed by atoms with Crippen molar-refractivity contribution in [3.63, 3.8) is 0 Å². The number of hydrogen-bond donors (Lipinski definition) is 1. The van der Waals surface area contributed by atoms with Gasteiger partial charge in [-0.15, -0.1) is 0 Å². The predicted molar refractivity (Wildman–Crippen MR) is 125 cm³/mol. The molecule has 0 unspecified atom stereocenters. The van der Waals surface area contributed by atoms with Crippen LogP contribution in [0.15, 0.2) is 42.5 Å². The summed E-state index contributed by atoms with van der Waals surface area (Å²) in [5, 5.41) is 3.44. The van der Waals surface area contributed by atoms with Crippen LogP contribution in [0.3, 0.4) is 0 Å². The first-order chi connectivity index (χ1) is 15.1. The molecule has 1 saturated heterocycles. The van der Waals surface area contributed by atoms with Crippen molar-refractivity contribution in [3.8, 4) is 11.5 Å². The molecular weight excluding hydrogens is 410 g/mol. The molecule has 7 heteroatoms. The van der Waals surface area contributed by atoms with Gasteiger partial charge in [0.2, 0.25) is 0 Å². The van der Waals surface area contributed by atoms with E-state index in [9.17, 15) is 4.79 Å². The quantitative estimate of drug-likeness (QED) is 0.538. The highest BCUT2D eigenvalue weighted by atomic mass is 32.1. The molecule has 2 aromatic carbocycles. The molecule has 0 spiro atoms. The minimum Gasteiger partial charge on any atom is -0.490 e. The maximum absolute atomic E-state index is 12.4. The van der Waals surface area contributed by atoms with Crippen LogP contribution in [-0.2, 0) is 11.3 Å². The number of anilines is 1. The molecule has 31 heavy (non-hydrogen) atoms. The molecule has 1 aromatic heterocycles. The summed E-state index contributed by atoms with van der Waals surface area (Å²) in [6, 6.07) is 13.7. The van der Waals surface area contributed by atoms with Crippen LogP contribution in [0.4, 0.5) is 5.13 Å². The third-order valence-electron chi connectivity index (χ3n) is 5.49. The van der Waals surface area contributed by atoms with Crippen molar-refractivity contribution in [1.29, 1.82) is 0 Å². The molecule has 1 N–H and O–H groups in total. The van der Waals surface area contributed by atoms with Gasteiger partial charge in [-0.2, -0.15) is 0 Å².